The molecule has 5 rings (SSSR count). The summed E-state index contributed by atoms with van der Waals surface area (Å²) in [6.45, 7) is 0.523. The van der Waals surface area contributed by atoms with E-state index in [4.69, 9.17) is 14.2 Å². The lowest BCUT2D eigenvalue weighted by Gasteiger charge is -2.39. The van der Waals surface area contributed by atoms with E-state index >= 15 is 0 Å². The molecule has 0 radical (unpaired) electrons. The summed E-state index contributed by atoms with van der Waals surface area (Å²) in [5.74, 6) is 2.09. The maximum Gasteiger partial charge on any atom is 0.161 e. The van der Waals surface area contributed by atoms with Crippen LogP contribution in [-0.2, 0) is 11.3 Å². The van der Waals surface area contributed by atoms with Crippen LogP contribution >= 0.6 is 11.3 Å². The minimum Gasteiger partial charge on any atom is -0.493 e. The lowest BCUT2D eigenvalue weighted by molar-refractivity contribution is -0.0374. The second-order valence-corrected chi connectivity index (χ2v) is 8.82. The van der Waals surface area contributed by atoms with Crippen LogP contribution < -0.4 is 9.47 Å². The highest BCUT2D eigenvalue weighted by Crippen LogP contribution is 2.49. The molecule has 0 saturated heterocycles. The molecule has 0 amide bonds. The highest BCUT2D eigenvalue weighted by atomic mass is 32.1. The van der Waals surface area contributed by atoms with Crippen LogP contribution in [0.25, 0.3) is 0 Å². The van der Waals surface area contributed by atoms with Crippen LogP contribution in [0.1, 0.15) is 59.3 Å². The van der Waals surface area contributed by atoms with E-state index in [2.05, 4.69) is 35.7 Å². The van der Waals surface area contributed by atoms with Gasteiger partial charge >= 0.3 is 0 Å². The predicted molar refractivity (Wildman–Crippen MR) is 116 cm³/mol. The van der Waals surface area contributed by atoms with E-state index in [1.165, 1.54) is 29.7 Å². The molecule has 3 atom stereocenters. The maximum atomic E-state index is 6.64. The first-order valence-electron chi connectivity index (χ1n) is 10.4. The van der Waals surface area contributed by atoms with E-state index in [0.717, 1.165) is 29.0 Å². The van der Waals surface area contributed by atoms with Crippen LogP contribution in [0.15, 0.2) is 60.0 Å². The summed E-state index contributed by atoms with van der Waals surface area (Å²) in [6.07, 6.45) is 5.31. The number of benzene rings is 2. The van der Waals surface area contributed by atoms with E-state index in [9.17, 15) is 0 Å². The summed E-state index contributed by atoms with van der Waals surface area (Å²) in [4.78, 5) is 1.52. The summed E-state index contributed by atoms with van der Waals surface area (Å²) in [6, 6.07) is 18.6. The number of hydrogen-bond acceptors (Lipinski definition) is 4. The Balaban J connectivity index is 1.41. The van der Waals surface area contributed by atoms with Gasteiger partial charge in [-0.25, -0.2) is 0 Å². The Morgan fingerprint density at radius 1 is 1.00 bits per heavy atom. The molecule has 0 spiro atoms. The summed E-state index contributed by atoms with van der Waals surface area (Å²) in [5, 5.41) is 2.21. The van der Waals surface area contributed by atoms with Crippen molar-refractivity contribution >= 4 is 11.3 Å². The Morgan fingerprint density at radius 2 is 1.86 bits per heavy atom. The lowest BCUT2D eigenvalue weighted by Crippen LogP contribution is -2.32. The zero-order valence-electron chi connectivity index (χ0n) is 16.7. The number of rotatable bonds is 5. The third kappa shape index (κ3) is 3.67. The third-order valence-corrected chi connectivity index (χ3v) is 7.15. The van der Waals surface area contributed by atoms with Crippen LogP contribution in [0.4, 0.5) is 0 Å². The fraction of sp³-hybridized carbons (Fsp3) is 0.360. The monoisotopic (exact) mass is 406 g/mol. The van der Waals surface area contributed by atoms with Crippen molar-refractivity contribution in [3.63, 3.8) is 0 Å². The minimum absolute atomic E-state index is 0.0207. The highest BCUT2D eigenvalue weighted by Gasteiger charge is 2.38. The number of ether oxygens (including phenoxy) is 3. The van der Waals surface area contributed by atoms with Crippen LogP contribution in [0.5, 0.6) is 11.5 Å². The molecule has 0 unspecified atom stereocenters. The number of fused-ring (bicyclic) bond motifs is 3. The van der Waals surface area contributed by atoms with Gasteiger partial charge in [0.1, 0.15) is 12.7 Å². The minimum atomic E-state index is -0.0207. The molecule has 0 bridgehead atoms. The van der Waals surface area contributed by atoms with Gasteiger partial charge in [0.15, 0.2) is 11.5 Å². The SMILES string of the molecule is COc1cc([C@@H]2O[C@@H]3CCCC[C@@H]3c3sccc32)ccc1OCc1ccccc1. The third-order valence-electron chi connectivity index (χ3n) is 6.09. The van der Waals surface area contributed by atoms with Crippen LogP contribution in [0.2, 0.25) is 0 Å². The van der Waals surface area contributed by atoms with E-state index in [1.807, 2.05) is 35.6 Å². The van der Waals surface area contributed by atoms with Crippen LogP contribution in [-0.4, -0.2) is 13.2 Å². The Morgan fingerprint density at radius 3 is 2.72 bits per heavy atom. The van der Waals surface area contributed by atoms with E-state index in [0.29, 0.717) is 18.6 Å². The van der Waals surface area contributed by atoms with Crippen molar-refractivity contribution in [2.24, 2.45) is 0 Å². The van der Waals surface area contributed by atoms with Gasteiger partial charge in [-0.2, -0.15) is 0 Å². The fourth-order valence-electron chi connectivity index (χ4n) is 4.62. The molecule has 1 aliphatic heterocycles. The Labute approximate surface area is 176 Å². The Hall–Kier alpha value is -2.30. The van der Waals surface area contributed by atoms with Gasteiger partial charge in [0, 0.05) is 10.8 Å². The molecule has 4 heteroatoms. The first-order chi connectivity index (χ1) is 14.3. The molecular weight excluding hydrogens is 380 g/mol. The van der Waals surface area contributed by atoms with Gasteiger partial charge in [-0.3, -0.25) is 0 Å². The molecule has 1 aromatic heterocycles. The van der Waals surface area contributed by atoms with Crippen molar-refractivity contribution in [3.05, 3.63) is 81.5 Å². The van der Waals surface area contributed by atoms with Gasteiger partial charge in [0.05, 0.1) is 13.2 Å². The first kappa shape index (κ1) is 18.7. The summed E-state index contributed by atoms with van der Waals surface area (Å²) >= 11 is 1.89. The summed E-state index contributed by atoms with van der Waals surface area (Å²) in [7, 11) is 1.70. The number of hydrogen-bond donors (Lipinski definition) is 0. The zero-order chi connectivity index (χ0) is 19.6. The Kier molecular flexibility index (Phi) is 5.30. The van der Waals surface area contributed by atoms with Gasteiger partial charge in [0.25, 0.3) is 0 Å². The molecule has 2 heterocycles. The molecule has 1 saturated carbocycles. The molecule has 150 valence electrons. The van der Waals surface area contributed by atoms with Gasteiger partial charge in [-0.1, -0.05) is 49.2 Å². The fourth-order valence-corrected chi connectivity index (χ4v) is 5.73. The zero-order valence-corrected chi connectivity index (χ0v) is 17.5. The normalized spacial score (nSPS) is 23.1. The average molecular weight is 407 g/mol. The molecule has 1 fully saturated rings. The molecule has 3 aromatic rings. The molecular formula is C25H26O3S. The predicted octanol–water partition coefficient (Wildman–Crippen LogP) is 6.48. The van der Waals surface area contributed by atoms with E-state index in [-0.39, 0.29) is 6.10 Å². The quantitative estimate of drug-likeness (QED) is 0.485. The average Bonchev–Trinajstić information content (AvgIpc) is 3.28. The second kappa shape index (κ2) is 8.21. The van der Waals surface area contributed by atoms with Crippen molar-refractivity contribution < 1.29 is 14.2 Å². The van der Waals surface area contributed by atoms with Crippen molar-refractivity contribution in [1.82, 2.24) is 0 Å². The smallest absolute Gasteiger partial charge is 0.161 e. The van der Waals surface area contributed by atoms with Gasteiger partial charge in [-0.05, 0) is 53.1 Å². The maximum absolute atomic E-state index is 6.64. The number of methoxy groups -OCH3 is 1. The standard InChI is InChI=1S/C25H26O3S/c1-26-23-15-18(11-12-22(23)27-16-17-7-3-2-4-8-17)24-20-13-14-29-25(20)19-9-5-6-10-21(19)28-24/h2-4,7-8,11-15,19,21,24H,5-6,9-10,16H2,1H3/t19-,21+,24-/m0/s1. The molecule has 0 N–H and O–H groups in total. The van der Waals surface area contributed by atoms with E-state index < -0.39 is 0 Å². The number of thiophene rings is 1. The molecule has 3 nitrogen and oxygen atoms in total. The molecule has 2 aromatic carbocycles. The summed E-state index contributed by atoms with van der Waals surface area (Å²) in [5.41, 5.74) is 3.61. The summed E-state index contributed by atoms with van der Waals surface area (Å²) < 4.78 is 18.3. The molecule has 1 aliphatic carbocycles. The van der Waals surface area contributed by atoms with Crippen LogP contribution in [0.3, 0.4) is 0 Å². The molecule has 2 aliphatic rings. The largest absolute Gasteiger partial charge is 0.493 e. The van der Waals surface area contributed by atoms with Gasteiger partial charge in [-0.15, -0.1) is 11.3 Å². The highest BCUT2D eigenvalue weighted by molar-refractivity contribution is 7.10. The molecule has 29 heavy (non-hydrogen) atoms. The van der Waals surface area contributed by atoms with Gasteiger partial charge in [0.2, 0.25) is 0 Å². The lowest BCUT2D eigenvalue weighted by atomic mass is 9.80. The van der Waals surface area contributed by atoms with Crippen molar-refractivity contribution in [1.29, 1.82) is 0 Å². The topological polar surface area (TPSA) is 27.7 Å². The van der Waals surface area contributed by atoms with Crippen molar-refractivity contribution in [2.45, 2.75) is 50.4 Å². The van der Waals surface area contributed by atoms with Crippen molar-refractivity contribution in [3.8, 4) is 11.5 Å². The van der Waals surface area contributed by atoms with Crippen molar-refractivity contribution in [2.75, 3.05) is 7.11 Å². The van der Waals surface area contributed by atoms with Gasteiger partial charge < -0.3 is 14.2 Å². The van der Waals surface area contributed by atoms with E-state index in [1.54, 1.807) is 7.11 Å². The Bertz CT molecular complexity index is 965. The first-order valence-corrected chi connectivity index (χ1v) is 11.3. The second-order valence-electron chi connectivity index (χ2n) is 7.87. The van der Waals surface area contributed by atoms with Crippen LogP contribution in [0, 0.1) is 0 Å².